The van der Waals surface area contributed by atoms with Crippen LogP contribution in [0.3, 0.4) is 0 Å². The molecule has 0 aliphatic rings. The number of ether oxygens (including phenoxy) is 1. The van der Waals surface area contributed by atoms with Crippen molar-refractivity contribution in [2.24, 2.45) is 5.73 Å². The molecule has 1 atom stereocenters. The number of hydrogen-bond acceptors (Lipinski definition) is 4. The van der Waals surface area contributed by atoms with Gasteiger partial charge < -0.3 is 15.8 Å². The second kappa shape index (κ2) is 7.54. The van der Waals surface area contributed by atoms with Crippen molar-refractivity contribution in [2.75, 3.05) is 13.7 Å². The van der Waals surface area contributed by atoms with E-state index < -0.39 is 6.04 Å². The largest absolute Gasteiger partial charge is 0.468 e. The van der Waals surface area contributed by atoms with E-state index in [0.29, 0.717) is 19.4 Å². The predicted molar refractivity (Wildman–Crippen MR) is 47.9 cm³/mol. The van der Waals surface area contributed by atoms with E-state index in [0.717, 1.165) is 12.8 Å². The first-order chi connectivity index (χ1) is 6.22. The Morgan fingerprint density at radius 3 is 2.85 bits per heavy atom. The van der Waals surface area contributed by atoms with Crippen LogP contribution in [0.2, 0.25) is 0 Å². The van der Waals surface area contributed by atoms with Gasteiger partial charge in [-0.15, -0.1) is 0 Å². The quantitative estimate of drug-likeness (QED) is 0.317. The van der Waals surface area contributed by atoms with Gasteiger partial charge in [0.05, 0.1) is 7.11 Å². The van der Waals surface area contributed by atoms with Crippen LogP contribution in [-0.4, -0.2) is 32.1 Å². The van der Waals surface area contributed by atoms with Crippen LogP contribution >= 0.6 is 0 Å². The minimum atomic E-state index is -0.541. The third-order valence-electron chi connectivity index (χ3n) is 1.67. The summed E-state index contributed by atoms with van der Waals surface area (Å²) >= 11 is 0. The fourth-order valence-electron chi connectivity index (χ4n) is 0.919. The van der Waals surface area contributed by atoms with Crippen LogP contribution < -0.4 is 11.1 Å². The van der Waals surface area contributed by atoms with Gasteiger partial charge in [-0.2, -0.15) is 0 Å². The number of nitrogens with one attached hydrogen (secondary N) is 1. The van der Waals surface area contributed by atoms with E-state index in [1.54, 1.807) is 0 Å². The minimum absolute atomic E-state index is 0.386. The summed E-state index contributed by atoms with van der Waals surface area (Å²) in [7, 11) is 1.32. The summed E-state index contributed by atoms with van der Waals surface area (Å²) in [4.78, 5) is 20.7. The highest BCUT2D eigenvalue weighted by Crippen LogP contribution is 1.99. The molecule has 0 aromatic carbocycles. The Bertz CT molecular complexity index is 161. The lowest BCUT2D eigenvalue weighted by molar-refractivity contribution is -0.142. The van der Waals surface area contributed by atoms with Crippen LogP contribution in [0.25, 0.3) is 0 Å². The summed E-state index contributed by atoms with van der Waals surface area (Å²) in [6.07, 6.45) is 2.87. The molecule has 5 nitrogen and oxygen atoms in total. The first kappa shape index (κ1) is 11.9. The molecular weight excluding hydrogens is 172 g/mol. The number of carbonyl (C=O) groups excluding carboxylic acids is 2. The van der Waals surface area contributed by atoms with Gasteiger partial charge in [0.25, 0.3) is 0 Å². The van der Waals surface area contributed by atoms with Crippen molar-refractivity contribution in [3.8, 4) is 0 Å². The van der Waals surface area contributed by atoms with E-state index in [2.05, 4.69) is 10.1 Å². The van der Waals surface area contributed by atoms with Crippen molar-refractivity contribution in [1.82, 2.24) is 5.32 Å². The summed E-state index contributed by atoms with van der Waals surface area (Å²) in [5, 5.41) is 2.53. The third kappa shape index (κ3) is 6.10. The first-order valence-electron chi connectivity index (χ1n) is 4.22. The standard InChI is InChI=1S/C8H16N2O3/c1-13-8(12)7(9)4-2-3-5-10-6-11/h6-7H,2-5,9H2,1H3,(H,10,11). The zero-order chi connectivity index (χ0) is 10.1. The SMILES string of the molecule is COC(=O)C(N)CCCCNC=O. The molecule has 0 aliphatic carbocycles. The van der Waals surface area contributed by atoms with Crippen LogP contribution in [0, 0.1) is 0 Å². The number of hydrogen-bond donors (Lipinski definition) is 2. The summed E-state index contributed by atoms with van der Waals surface area (Å²) in [5.41, 5.74) is 5.48. The average molecular weight is 188 g/mol. The zero-order valence-electron chi connectivity index (χ0n) is 7.79. The molecule has 5 heteroatoms. The number of unbranched alkanes of at least 4 members (excludes halogenated alkanes) is 1. The second-order valence-electron chi connectivity index (χ2n) is 2.70. The molecule has 0 bridgehead atoms. The van der Waals surface area contributed by atoms with Crippen molar-refractivity contribution in [3.63, 3.8) is 0 Å². The molecule has 0 saturated heterocycles. The number of methoxy groups -OCH3 is 1. The lowest BCUT2D eigenvalue weighted by Gasteiger charge is -2.07. The van der Waals surface area contributed by atoms with E-state index >= 15 is 0 Å². The molecule has 1 unspecified atom stereocenters. The van der Waals surface area contributed by atoms with E-state index in [9.17, 15) is 9.59 Å². The highest BCUT2D eigenvalue weighted by atomic mass is 16.5. The van der Waals surface area contributed by atoms with Crippen LogP contribution in [0.4, 0.5) is 0 Å². The molecule has 0 aliphatic heterocycles. The smallest absolute Gasteiger partial charge is 0.322 e. The van der Waals surface area contributed by atoms with Crippen LogP contribution in [0.15, 0.2) is 0 Å². The lowest BCUT2D eigenvalue weighted by Crippen LogP contribution is -2.31. The van der Waals surface area contributed by atoms with Crippen molar-refractivity contribution >= 4 is 12.4 Å². The molecule has 0 heterocycles. The molecule has 0 saturated carbocycles. The van der Waals surface area contributed by atoms with Gasteiger partial charge in [-0.3, -0.25) is 9.59 Å². The normalized spacial score (nSPS) is 11.8. The number of esters is 1. The maximum Gasteiger partial charge on any atom is 0.322 e. The highest BCUT2D eigenvalue weighted by Gasteiger charge is 2.11. The molecule has 0 spiro atoms. The maximum absolute atomic E-state index is 10.8. The van der Waals surface area contributed by atoms with Crippen LogP contribution in [-0.2, 0) is 14.3 Å². The summed E-state index contributed by atoms with van der Waals surface area (Å²) in [6.45, 7) is 0.622. The average Bonchev–Trinajstić information content (AvgIpc) is 2.16. The van der Waals surface area contributed by atoms with Gasteiger partial charge in [-0.1, -0.05) is 0 Å². The van der Waals surface area contributed by atoms with Gasteiger partial charge in [0.1, 0.15) is 6.04 Å². The third-order valence-corrected chi connectivity index (χ3v) is 1.67. The van der Waals surface area contributed by atoms with Gasteiger partial charge in [-0.05, 0) is 19.3 Å². The zero-order valence-corrected chi connectivity index (χ0v) is 7.79. The van der Waals surface area contributed by atoms with Crippen LogP contribution in [0.1, 0.15) is 19.3 Å². The van der Waals surface area contributed by atoms with E-state index in [4.69, 9.17) is 5.73 Å². The Morgan fingerprint density at radius 2 is 2.31 bits per heavy atom. The lowest BCUT2D eigenvalue weighted by atomic mass is 10.1. The molecule has 0 rings (SSSR count). The van der Waals surface area contributed by atoms with Gasteiger partial charge in [0.2, 0.25) is 6.41 Å². The fraction of sp³-hybridized carbons (Fsp3) is 0.750. The molecule has 13 heavy (non-hydrogen) atoms. The molecule has 1 amide bonds. The van der Waals surface area contributed by atoms with Crippen molar-refractivity contribution in [2.45, 2.75) is 25.3 Å². The highest BCUT2D eigenvalue weighted by molar-refractivity contribution is 5.75. The number of amides is 1. The summed E-state index contributed by atoms with van der Waals surface area (Å²) in [5.74, 6) is -0.386. The number of rotatable bonds is 7. The Labute approximate surface area is 77.6 Å². The Morgan fingerprint density at radius 1 is 1.62 bits per heavy atom. The van der Waals surface area contributed by atoms with Crippen molar-refractivity contribution in [3.05, 3.63) is 0 Å². The molecule has 0 radical (unpaired) electrons. The Hall–Kier alpha value is -1.10. The van der Waals surface area contributed by atoms with E-state index in [1.807, 2.05) is 0 Å². The second-order valence-corrected chi connectivity index (χ2v) is 2.70. The van der Waals surface area contributed by atoms with Gasteiger partial charge >= 0.3 is 5.97 Å². The molecule has 0 aromatic rings. The van der Waals surface area contributed by atoms with Crippen molar-refractivity contribution in [1.29, 1.82) is 0 Å². The predicted octanol–water partition coefficient (Wildman–Crippen LogP) is -0.597. The Balaban J connectivity index is 3.31. The van der Waals surface area contributed by atoms with Gasteiger partial charge in [0, 0.05) is 6.54 Å². The fourth-order valence-corrected chi connectivity index (χ4v) is 0.919. The maximum atomic E-state index is 10.8. The number of carbonyl (C=O) groups is 2. The first-order valence-corrected chi connectivity index (χ1v) is 4.22. The van der Waals surface area contributed by atoms with Gasteiger partial charge in [0.15, 0.2) is 0 Å². The monoisotopic (exact) mass is 188 g/mol. The summed E-state index contributed by atoms with van der Waals surface area (Å²) in [6, 6.07) is -0.541. The van der Waals surface area contributed by atoms with Crippen LogP contribution in [0.5, 0.6) is 0 Å². The molecule has 0 aromatic heterocycles. The number of nitrogens with two attached hydrogens (primary N) is 1. The molecule has 76 valence electrons. The van der Waals surface area contributed by atoms with E-state index in [1.165, 1.54) is 7.11 Å². The molecule has 3 N–H and O–H groups in total. The van der Waals surface area contributed by atoms with Gasteiger partial charge in [-0.25, -0.2) is 0 Å². The minimum Gasteiger partial charge on any atom is -0.468 e. The van der Waals surface area contributed by atoms with Crippen molar-refractivity contribution < 1.29 is 14.3 Å². The Kier molecular flexibility index (Phi) is 6.91. The topological polar surface area (TPSA) is 81.4 Å². The molecular formula is C8H16N2O3. The summed E-state index contributed by atoms with van der Waals surface area (Å²) < 4.78 is 4.45. The van der Waals surface area contributed by atoms with E-state index in [-0.39, 0.29) is 5.97 Å². The molecule has 0 fully saturated rings.